The largest absolute Gasteiger partial charge is 0.349 e. The molecule has 0 aromatic carbocycles. The predicted molar refractivity (Wildman–Crippen MR) is 85.5 cm³/mol. The molecule has 24 heavy (non-hydrogen) atoms. The molecule has 124 valence electrons. The predicted octanol–water partition coefficient (Wildman–Crippen LogP) is 0.200. The number of rotatable bonds is 3. The molecule has 2 aromatic rings. The van der Waals surface area contributed by atoms with Crippen LogP contribution in [0.1, 0.15) is 33.7 Å². The molecular formula is C16H17N5O3. The second kappa shape index (κ2) is 7.03. The molecule has 0 saturated carbocycles. The van der Waals surface area contributed by atoms with Gasteiger partial charge in [-0.15, -0.1) is 0 Å². The molecule has 0 unspecified atom stereocenters. The number of aromatic nitrogens is 3. The molecule has 1 fully saturated rings. The normalized spacial score (nSPS) is 15.1. The van der Waals surface area contributed by atoms with Crippen LogP contribution in [-0.2, 0) is 0 Å². The van der Waals surface area contributed by atoms with Crippen molar-refractivity contribution >= 4 is 11.8 Å². The third-order valence-corrected chi connectivity index (χ3v) is 3.96. The van der Waals surface area contributed by atoms with E-state index in [4.69, 9.17) is 0 Å². The van der Waals surface area contributed by atoms with Crippen LogP contribution >= 0.6 is 0 Å². The van der Waals surface area contributed by atoms with Crippen LogP contribution in [0.15, 0.2) is 41.5 Å². The van der Waals surface area contributed by atoms with E-state index in [0.29, 0.717) is 31.5 Å². The van der Waals surface area contributed by atoms with E-state index in [0.717, 1.165) is 0 Å². The average molecular weight is 327 g/mol. The molecule has 3 heterocycles. The van der Waals surface area contributed by atoms with Crippen molar-refractivity contribution in [3.63, 3.8) is 0 Å². The second-order valence-corrected chi connectivity index (χ2v) is 5.58. The first-order chi connectivity index (χ1) is 11.6. The van der Waals surface area contributed by atoms with Gasteiger partial charge >= 0.3 is 0 Å². The summed E-state index contributed by atoms with van der Waals surface area (Å²) >= 11 is 0. The highest BCUT2D eigenvalue weighted by Crippen LogP contribution is 2.13. The highest BCUT2D eigenvalue weighted by atomic mass is 16.2. The highest BCUT2D eigenvalue weighted by Gasteiger charge is 2.25. The van der Waals surface area contributed by atoms with Crippen molar-refractivity contribution in [2.45, 2.75) is 18.9 Å². The summed E-state index contributed by atoms with van der Waals surface area (Å²) < 4.78 is 0. The number of carbonyl (C=O) groups excluding carboxylic acids is 2. The number of piperidine rings is 1. The van der Waals surface area contributed by atoms with Crippen LogP contribution < -0.4 is 10.9 Å². The first-order valence-electron chi connectivity index (χ1n) is 7.69. The van der Waals surface area contributed by atoms with Gasteiger partial charge in [0.05, 0.1) is 0 Å². The van der Waals surface area contributed by atoms with Crippen LogP contribution in [0.4, 0.5) is 0 Å². The molecule has 2 amide bonds. The number of H-pyrrole nitrogens is 1. The first kappa shape index (κ1) is 15.9. The van der Waals surface area contributed by atoms with Gasteiger partial charge in [-0.25, -0.2) is 5.10 Å². The van der Waals surface area contributed by atoms with Crippen molar-refractivity contribution in [2.75, 3.05) is 13.1 Å². The number of aromatic amines is 1. The molecule has 1 aliphatic rings. The first-order valence-corrected chi connectivity index (χ1v) is 7.69. The Morgan fingerprint density at radius 2 is 1.83 bits per heavy atom. The zero-order valence-electron chi connectivity index (χ0n) is 12.9. The van der Waals surface area contributed by atoms with Gasteiger partial charge in [-0.2, -0.15) is 5.10 Å². The zero-order chi connectivity index (χ0) is 16.9. The van der Waals surface area contributed by atoms with E-state index in [1.54, 1.807) is 29.4 Å². The summed E-state index contributed by atoms with van der Waals surface area (Å²) in [6.45, 7) is 1.06. The monoisotopic (exact) mass is 327 g/mol. The van der Waals surface area contributed by atoms with E-state index in [9.17, 15) is 14.4 Å². The second-order valence-electron chi connectivity index (χ2n) is 5.58. The summed E-state index contributed by atoms with van der Waals surface area (Å²) in [4.78, 5) is 41.0. The van der Waals surface area contributed by atoms with Crippen LogP contribution in [0.25, 0.3) is 0 Å². The maximum atomic E-state index is 12.3. The van der Waals surface area contributed by atoms with E-state index < -0.39 is 0 Å². The van der Waals surface area contributed by atoms with Crippen molar-refractivity contribution in [1.29, 1.82) is 0 Å². The zero-order valence-corrected chi connectivity index (χ0v) is 12.9. The molecule has 8 heteroatoms. The Morgan fingerprint density at radius 1 is 1.12 bits per heavy atom. The highest BCUT2D eigenvalue weighted by molar-refractivity contribution is 5.94. The maximum absolute atomic E-state index is 12.3. The lowest BCUT2D eigenvalue weighted by molar-refractivity contribution is 0.0691. The molecule has 2 aromatic heterocycles. The van der Waals surface area contributed by atoms with Crippen molar-refractivity contribution in [1.82, 2.24) is 25.4 Å². The molecule has 3 rings (SSSR count). The lowest BCUT2D eigenvalue weighted by atomic mass is 10.0. The minimum atomic E-state index is -0.343. The Labute approximate surface area is 137 Å². The minimum Gasteiger partial charge on any atom is -0.349 e. The van der Waals surface area contributed by atoms with Crippen LogP contribution in [0, 0.1) is 0 Å². The number of likely N-dealkylation sites (tertiary alicyclic amines) is 1. The van der Waals surface area contributed by atoms with Gasteiger partial charge in [0.15, 0.2) is 0 Å². The Balaban J connectivity index is 1.54. The van der Waals surface area contributed by atoms with E-state index in [1.165, 1.54) is 12.1 Å². The summed E-state index contributed by atoms with van der Waals surface area (Å²) in [6, 6.07) is 6.05. The molecule has 2 N–H and O–H groups in total. The molecule has 1 aliphatic heterocycles. The van der Waals surface area contributed by atoms with Crippen LogP contribution in [0.5, 0.6) is 0 Å². The number of pyridine rings is 1. The van der Waals surface area contributed by atoms with Gasteiger partial charge in [-0.3, -0.25) is 19.4 Å². The standard InChI is InChI=1S/C16H17N5O3/c22-14-2-1-13(19-20-14)16(24)21-9-5-12(6-10-21)18-15(23)11-3-7-17-8-4-11/h1-4,7-8,12H,5-6,9-10H2,(H,18,23)(H,20,22). The summed E-state index contributed by atoms with van der Waals surface area (Å²) in [7, 11) is 0. The van der Waals surface area contributed by atoms with Gasteiger partial charge < -0.3 is 10.2 Å². The van der Waals surface area contributed by atoms with Gasteiger partial charge in [0.1, 0.15) is 5.69 Å². The molecule has 1 saturated heterocycles. The molecule has 0 spiro atoms. The van der Waals surface area contributed by atoms with E-state index in [-0.39, 0.29) is 29.1 Å². The Kier molecular flexibility index (Phi) is 4.64. The molecule has 0 aliphatic carbocycles. The quantitative estimate of drug-likeness (QED) is 0.837. The van der Waals surface area contributed by atoms with Gasteiger partial charge in [0.2, 0.25) is 0 Å². The van der Waals surface area contributed by atoms with Crippen molar-refractivity contribution in [3.8, 4) is 0 Å². The molecular weight excluding hydrogens is 310 g/mol. The molecule has 8 nitrogen and oxygen atoms in total. The van der Waals surface area contributed by atoms with Gasteiger partial charge in [-0.05, 0) is 31.0 Å². The molecule has 0 atom stereocenters. The van der Waals surface area contributed by atoms with E-state index in [1.807, 2.05) is 0 Å². The van der Waals surface area contributed by atoms with Gasteiger partial charge in [0, 0.05) is 43.2 Å². The molecule has 0 radical (unpaired) electrons. The van der Waals surface area contributed by atoms with Crippen LogP contribution in [0.3, 0.4) is 0 Å². The summed E-state index contributed by atoms with van der Waals surface area (Å²) in [6.07, 6.45) is 4.50. The fourth-order valence-corrected chi connectivity index (χ4v) is 2.62. The number of carbonyl (C=O) groups is 2. The van der Waals surface area contributed by atoms with E-state index in [2.05, 4.69) is 20.5 Å². The topological polar surface area (TPSA) is 108 Å². The Hall–Kier alpha value is -3.03. The van der Waals surface area contributed by atoms with E-state index >= 15 is 0 Å². The molecule has 0 bridgehead atoms. The van der Waals surface area contributed by atoms with Gasteiger partial charge in [0.25, 0.3) is 17.4 Å². The minimum absolute atomic E-state index is 0.0262. The van der Waals surface area contributed by atoms with Crippen LogP contribution in [0.2, 0.25) is 0 Å². The van der Waals surface area contributed by atoms with Crippen molar-refractivity contribution in [3.05, 3.63) is 58.3 Å². The number of hydrogen-bond donors (Lipinski definition) is 2. The maximum Gasteiger partial charge on any atom is 0.274 e. The summed E-state index contributed by atoms with van der Waals surface area (Å²) in [5.74, 6) is -0.352. The van der Waals surface area contributed by atoms with Gasteiger partial charge in [-0.1, -0.05) is 0 Å². The number of nitrogens with one attached hydrogen (secondary N) is 2. The average Bonchev–Trinajstić information content (AvgIpc) is 2.63. The lowest BCUT2D eigenvalue weighted by Crippen LogP contribution is -2.46. The fourth-order valence-electron chi connectivity index (χ4n) is 2.62. The third kappa shape index (κ3) is 3.65. The third-order valence-electron chi connectivity index (χ3n) is 3.96. The Bertz CT molecular complexity index is 761. The Morgan fingerprint density at radius 3 is 2.46 bits per heavy atom. The summed E-state index contributed by atoms with van der Waals surface area (Å²) in [5, 5.41) is 8.99. The van der Waals surface area contributed by atoms with Crippen LogP contribution in [-0.4, -0.2) is 51.0 Å². The summed E-state index contributed by atoms with van der Waals surface area (Å²) in [5.41, 5.74) is 0.443. The number of amides is 2. The van der Waals surface area contributed by atoms with Crippen molar-refractivity contribution in [2.24, 2.45) is 0 Å². The number of nitrogens with zero attached hydrogens (tertiary/aromatic N) is 3. The lowest BCUT2D eigenvalue weighted by Gasteiger charge is -2.32. The SMILES string of the molecule is O=C(NC1CCN(C(=O)c2ccc(=O)[nH]n2)CC1)c1ccncc1. The number of hydrogen-bond acceptors (Lipinski definition) is 5. The fraction of sp³-hybridized carbons (Fsp3) is 0.312. The van der Waals surface area contributed by atoms with Crippen molar-refractivity contribution < 1.29 is 9.59 Å². The smallest absolute Gasteiger partial charge is 0.274 e.